The quantitative estimate of drug-likeness (QED) is 0.942. The number of thiophene rings is 1. The van der Waals surface area contributed by atoms with Crippen LogP contribution in [0.2, 0.25) is 0 Å². The SMILES string of the molecule is CN(C)C(=O)c1cc(NC(=O)N(C)Cc2ccsc2)ccn1. The number of rotatable bonds is 4. The summed E-state index contributed by atoms with van der Waals surface area (Å²) < 4.78 is 0. The molecule has 2 aromatic heterocycles. The highest BCUT2D eigenvalue weighted by Crippen LogP contribution is 2.12. The number of carbonyl (C=O) groups excluding carboxylic acids is 2. The summed E-state index contributed by atoms with van der Waals surface area (Å²) in [6.45, 7) is 0.532. The van der Waals surface area contributed by atoms with E-state index >= 15 is 0 Å². The van der Waals surface area contributed by atoms with E-state index in [2.05, 4.69) is 10.3 Å². The maximum absolute atomic E-state index is 12.2. The minimum atomic E-state index is -0.236. The summed E-state index contributed by atoms with van der Waals surface area (Å²) >= 11 is 1.60. The van der Waals surface area contributed by atoms with Gasteiger partial charge in [0.05, 0.1) is 0 Å². The number of urea groups is 1. The maximum atomic E-state index is 12.2. The molecule has 0 fully saturated rings. The molecule has 0 atom stereocenters. The summed E-state index contributed by atoms with van der Waals surface area (Å²) in [4.78, 5) is 31.1. The molecule has 0 spiro atoms. The predicted molar refractivity (Wildman–Crippen MR) is 87.1 cm³/mol. The van der Waals surface area contributed by atoms with E-state index in [1.807, 2.05) is 16.8 Å². The fourth-order valence-electron chi connectivity index (χ4n) is 1.80. The molecule has 2 heterocycles. The normalized spacial score (nSPS) is 10.1. The molecule has 0 aliphatic heterocycles. The Balaban J connectivity index is 2.02. The zero-order valence-corrected chi connectivity index (χ0v) is 13.6. The molecule has 3 amide bonds. The van der Waals surface area contributed by atoms with Crippen LogP contribution in [-0.4, -0.2) is 47.9 Å². The number of pyridine rings is 1. The number of amides is 3. The van der Waals surface area contributed by atoms with Gasteiger partial charge in [-0.25, -0.2) is 4.79 Å². The van der Waals surface area contributed by atoms with E-state index in [4.69, 9.17) is 0 Å². The number of nitrogens with one attached hydrogen (secondary N) is 1. The van der Waals surface area contributed by atoms with Crippen molar-refractivity contribution in [3.8, 4) is 0 Å². The van der Waals surface area contributed by atoms with Gasteiger partial charge in [0.2, 0.25) is 0 Å². The predicted octanol–water partition coefficient (Wildman–Crippen LogP) is 2.51. The summed E-state index contributed by atoms with van der Waals surface area (Å²) in [6.07, 6.45) is 1.51. The van der Waals surface area contributed by atoms with Crippen molar-refractivity contribution in [2.75, 3.05) is 26.5 Å². The minimum absolute atomic E-state index is 0.206. The molecule has 0 saturated heterocycles. The average molecular weight is 318 g/mol. The Bertz CT molecular complexity index is 655. The van der Waals surface area contributed by atoms with Gasteiger partial charge >= 0.3 is 6.03 Å². The van der Waals surface area contributed by atoms with E-state index in [-0.39, 0.29) is 11.9 Å². The molecule has 116 valence electrons. The number of carbonyl (C=O) groups is 2. The fraction of sp³-hybridized carbons (Fsp3) is 0.267. The number of aromatic nitrogens is 1. The van der Waals surface area contributed by atoms with Gasteiger partial charge < -0.3 is 15.1 Å². The van der Waals surface area contributed by atoms with Crippen molar-refractivity contribution in [2.45, 2.75) is 6.54 Å². The van der Waals surface area contributed by atoms with Gasteiger partial charge in [-0.1, -0.05) is 0 Å². The van der Waals surface area contributed by atoms with Crippen LogP contribution >= 0.6 is 11.3 Å². The molecule has 0 aromatic carbocycles. The molecule has 0 aliphatic carbocycles. The molecule has 0 saturated carbocycles. The first-order valence-corrected chi connectivity index (χ1v) is 7.62. The highest BCUT2D eigenvalue weighted by molar-refractivity contribution is 7.07. The van der Waals surface area contributed by atoms with Crippen LogP contribution in [-0.2, 0) is 6.54 Å². The molecular formula is C15H18N4O2S. The largest absolute Gasteiger partial charge is 0.343 e. The third-order valence-corrected chi connectivity index (χ3v) is 3.72. The van der Waals surface area contributed by atoms with Gasteiger partial charge in [0.15, 0.2) is 0 Å². The molecule has 1 N–H and O–H groups in total. The van der Waals surface area contributed by atoms with E-state index in [1.54, 1.807) is 49.5 Å². The first-order valence-electron chi connectivity index (χ1n) is 6.68. The highest BCUT2D eigenvalue weighted by atomic mass is 32.1. The first kappa shape index (κ1) is 16.0. The van der Waals surface area contributed by atoms with Crippen LogP contribution in [0.15, 0.2) is 35.2 Å². The Morgan fingerprint density at radius 3 is 2.68 bits per heavy atom. The maximum Gasteiger partial charge on any atom is 0.321 e. The number of hydrogen-bond donors (Lipinski definition) is 1. The van der Waals surface area contributed by atoms with Crippen molar-refractivity contribution in [1.29, 1.82) is 0 Å². The first-order chi connectivity index (χ1) is 10.5. The lowest BCUT2D eigenvalue weighted by molar-refractivity contribution is 0.0822. The van der Waals surface area contributed by atoms with Crippen LogP contribution in [0.3, 0.4) is 0 Å². The highest BCUT2D eigenvalue weighted by Gasteiger charge is 2.13. The Kier molecular flexibility index (Phi) is 5.11. The molecule has 2 aromatic rings. The van der Waals surface area contributed by atoms with E-state index in [1.165, 1.54) is 11.1 Å². The van der Waals surface area contributed by atoms with Crippen molar-refractivity contribution >= 4 is 29.0 Å². The summed E-state index contributed by atoms with van der Waals surface area (Å²) in [7, 11) is 5.04. The summed E-state index contributed by atoms with van der Waals surface area (Å²) in [5.74, 6) is -0.206. The molecule has 0 radical (unpaired) electrons. The third-order valence-electron chi connectivity index (χ3n) is 2.98. The second-order valence-electron chi connectivity index (χ2n) is 5.05. The minimum Gasteiger partial charge on any atom is -0.343 e. The number of anilines is 1. The fourth-order valence-corrected chi connectivity index (χ4v) is 2.46. The molecule has 0 aliphatic rings. The van der Waals surface area contributed by atoms with Crippen LogP contribution in [0, 0.1) is 0 Å². The van der Waals surface area contributed by atoms with Gasteiger partial charge in [0.25, 0.3) is 5.91 Å². The standard InChI is InChI=1S/C15H18N4O2S/c1-18(2)14(20)13-8-12(4-6-16-13)17-15(21)19(3)9-11-5-7-22-10-11/h4-8,10H,9H2,1-3H3,(H,16,17,21). The molecular weight excluding hydrogens is 300 g/mol. The van der Waals surface area contributed by atoms with Crippen LogP contribution in [0.25, 0.3) is 0 Å². The van der Waals surface area contributed by atoms with E-state index in [9.17, 15) is 9.59 Å². The van der Waals surface area contributed by atoms with Crippen molar-refractivity contribution in [1.82, 2.24) is 14.8 Å². The lowest BCUT2D eigenvalue weighted by Gasteiger charge is -2.17. The molecule has 22 heavy (non-hydrogen) atoms. The topological polar surface area (TPSA) is 65.5 Å². The second-order valence-corrected chi connectivity index (χ2v) is 5.83. The Labute approximate surface area is 133 Å². The van der Waals surface area contributed by atoms with Crippen LogP contribution < -0.4 is 5.32 Å². The Hall–Kier alpha value is -2.41. The van der Waals surface area contributed by atoms with Gasteiger partial charge in [-0.15, -0.1) is 0 Å². The molecule has 0 unspecified atom stereocenters. The van der Waals surface area contributed by atoms with Crippen molar-refractivity contribution in [3.63, 3.8) is 0 Å². The Morgan fingerprint density at radius 1 is 1.27 bits per heavy atom. The van der Waals surface area contributed by atoms with Gasteiger partial charge in [0.1, 0.15) is 5.69 Å². The number of nitrogens with zero attached hydrogens (tertiary/aromatic N) is 3. The Morgan fingerprint density at radius 2 is 2.05 bits per heavy atom. The van der Waals surface area contributed by atoms with Crippen molar-refractivity contribution in [2.24, 2.45) is 0 Å². The second kappa shape index (κ2) is 7.04. The smallest absolute Gasteiger partial charge is 0.321 e. The molecule has 6 nitrogen and oxygen atoms in total. The molecule has 7 heteroatoms. The van der Waals surface area contributed by atoms with Gasteiger partial charge in [-0.05, 0) is 34.5 Å². The van der Waals surface area contributed by atoms with Gasteiger partial charge in [-0.2, -0.15) is 11.3 Å². The zero-order chi connectivity index (χ0) is 16.1. The lowest BCUT2D eigenvalue weighted by atomic mass is 10.3. The summed E-state index contributed by atoms with van der Waals surface area (Å²) in [6, 6.07) is 4.97. The van der Waals surface area contributed by atoms with Gasteiger partial charge in [0, 0.05) is 39.6 Å². The van der Waals surface area contributed by atoms with E-state index in [0.717, 1.165) is 5.56 Å². The van der Waals surface area contributed by atoms with Crippen LogP contribution in [0.4, 0.5) is 10.5 Å². The number of hydrogen-bond acceptors (Lipinski definition) is 4. The average Bonchev–Trinajstić information content (AvgIpc) is 2.99. The third kappa shape index (κ3) is 4.05. The van der Waals surface area contributed by atoms with Gasteiger partial charge in [-0.3, -0.25) is 9.78 Å². The lowest BCUT2D eigenvalue weighted by Crippen LogP contribution is -2.31. The van der Waals surface area contributed by atoms with E-state index in [0.29, 0.717) is 17.9 Å². The van der Waals surface area contributed by atoms with Crippen LogP contribution in [0.1, 0.15) is 16.1 Å². The van der Waals surface area contributed by atoms with Crippen LogP contribution in [0.5, 0.6) is 0 Å². The summed E-state index contributed by atoms with van der Waals surface area (Å²) in [5.41, 5.74) is 1.92. The van der Waals surface area contributed by atoms with Crippen molar-refractivity contribution < 1.29 is 9.59 Å². The zero-order valence-electron chi connectivity index (χ0n) is 12.7. The van der Waals surface area contributed by atoms with Crippen molar-refractivity contribution in [3.05, 3.63) is 46.4 Å². The molecule has 2 rings (SSSR count). The summed E-state index contributed by atoms with van der Waals surface area (Å²) in [5, 5.41) is 6.75. The monoisotopic (exact) mass is 318 g/mol. The molecule has 0 bridgehead atoms. The van der Waals surface area contributed by atoms with E-state index < -0.39 is 0 Å².